The highest BCUT2D eigenvalue weighted by molar-refractivity contribution is 5.85. The van der Waals surface area contributed by atoms with Crippen LogP contribution >= 0.6 is 0 Å². The van der Waals surface area contributed by atoms with Gasteiger partial charge >= 0.3 is 6.09 Å². The minimum Gasteiger partial charge on any atom is -0.496 e. The first-order valence-corrected chi connectivity index (χ1v) is 8.17. The van der Waals surface area contributed by atoms with Crippen molar-refractivity contribution in [3.63, 3.8) is 0 Å². The van der Waals surface area contributed by atoms with Gasteiger partial charge in [-0.15, -0.1) is 0 Å². The first-order chi connectivity index (χ1) is 10.7. The van der Waals surface area contributed by atoms with Crippen molar-refractivity contribution in [3.05, 3.63) is 23.8 Å². The van der Waals surface area contributed by atoms with Crippen molar-refractivity contribution in [3.8, 4) is 5.75 Å². The summed E-state index contributed by atoms with van der Waals surface area (Å²) in [6, 6.07) is 5.72. The summed E-state index contributed by atoms with van der Waals surface area (Å²) >= 11 is 0. The normalized spacial score (nSPS) is 20.6. The van der Waals surface area contributed by atoms with E-state index in [0.29, 0.717) is 5.69 Å². The van der Waals surface area contributed by atoms with Gasteiger partial charge in [-0.05, 0) is 64.7 Å². The lowest BCUT2D eigenvalue weighted by Crippen LogP contribution is -2.37. The maximum atomic E-state index is 12.0. The summed E-state index contributed by atoms with van der Waals surface area (Å²) in [4.78, 5) is 12.0. The highest BCUT2D eigenvalue weighted by atomic mass is 16.6. The topological polar surface area (TPSA) is 73.6 Å². The summed E-state index contributed by atoms with van der Waals surface area (Å²) in [6.07, 6.45) is 3.82. The number of hydrogen-bond acceptors (Lipinski definition) is 4. The van der Waals surface area contributed by atoms with Crippen molar-refractivity contribution in [2.75, 3.05) is 12.4 Å². The number of carbonyl (C=O) groups excluding carboxylic acids is 1. The lowest BCUT2D eigenvalue weighted by molar-refractivity contribution is 0.0636. The van der Waals surface area contributed by atoms with Gasteiger partial charge in [0.1, 0.15) is 11.4 Å². The third-order valence-electron chi connectivity index (χ3n) is 4.85. The van der Waals surface area contributed by atoms with Gasteiger partial charge in [0.25, 0.3) is 0 Å². The Morgan fingerprint density at radius 1 is 1.22 bits per heavy atom. The summed E-state index contributed by atoms with van der Waals surface area (Å²) in [5, 5.41) is 2.80. The average molecular weight is 318 g/mol. The molecule has 5 nitrogen and oxygen atoms in total. The molecule has 0 radical (unpaired) electrons. The third kappa shape index (κ3) is 3.02. The third-order valence-corrected chi connectivity index (χ3v) is 4.85. The quantitative estimate of drug-likeness (QED) is 0.890. The molecule has 0 atom stereocenters. The van der Waals surface area contributed by atoms with Crippen molar-refractivity contribution in [2.45, 2.75) is 63.0 Å². The average Bonchev–Trinajstić information content (AvgIpc) is 3.32. The SMILES string of the molecule is COc1ccc(NC(=O)OC(C)(C)C)cc1C1(C2(N)CC2)CC1. The number of nitrogens with one attached hydrogen (secondary N) is 1. The van der Waals surface area contributed by atoms with Crippen molar-refractivity contribution in [1.82, 2.24) is 0 Å². The summed E-state index contributed by atoms with van der Waals surface area (Å²) in [7, 11) is 1.67. The monoisotopic (exact) mass is 318 g/mol. The molecule has 1 aromatic rings. The summed E-state index contributed by atoms with van der Waals surface area (Å²) in [6.45, 7) is 5.53. The molecule has 1 amide bonds. The van der Waals surface area contributed by atoms with Crippen LogP contribution in [0.15, 0.2) is 18.2 Å². The van der Waals surface area contributed by atoms with E-state index in [0.717, 1.165) is 37.0 Å². The second-order valence-electron chi connectivity index (χ2n) is 7.78. The van der Waals surface area contributed by atoms with Crippen molar-refractivity contribution < 1.29 is 14.3 Å². The number of amides is 1. The number of hydrogen-bond donors (Lipinski definition) is 2. The molecule has 0 heterocycles. The first kappa shape index (κ1) is 16.1. The first-order valence-electron chi connectivity index (χ1n) is 8.17. The van der Waals surface area contributed by atoms with Gasteiger partial charge in [0.05, 0.1) is 7.11 Å². The van der Waals surface area contributed by atoms with E-state index in [1.165, 1.54) is 0 Å². The van der Waals surface area contributed by atoms with Crippen LogP contribution in [0.1, 0.15) is 52.0 Å². The van der Waals surface area contributed by atoms with Crippen LogP contribution in [0, 0.1) is 0 Å². The van der Waals surface area contributed by atoms with E-state index in [1.54, 1.807) is 7.11 Å². The number of nitrogens with two attached hydrogens (primary N) is 1. The van der Waals surface area contributed by atoms with Crippen LogP contribution in [0.5, 0.6) is 5.75 Å². The lowest BCUT2D eigenvalue weighted by atomic mass is 9.85. The van der Waals surface area contributed by atoms with E-state index in [9.17, 15) is 4.79 Å². The minimum absolute atomic E-state index is 0.00393. The molecule has 2 aliphatic carbocycles. The molecule has 2 saturated carbocycles. The van der Waals surface area contributed by atoms with E-state index in [1.807, 2.05) is 39.0 Å². The Morgan fingerprint density at radius 2 is 1.87 bits per heavy atom. The molecule has 2 fully saturated rings. The van der Waals surface area contributed by atoms with Crippen molar-refractivity contribution in [2.24, 2.45) is 5.73 Å². The van der Waals surface area contributed by atoms with Crippen LogP contribution in [0.2, 0.25) is 0 Å². The van der Waals surface area contributed by atoms with E-state index in [-0.39, 0.29) is 11.0 Å². The maximum absolute atomic E-state index is 12.0. The van der Waals surface area contributed by atoms with E-state index in [2.05, 4.69) is 5.32 Å². The second kappa shape index (κ2) is 5.13. The van der Waals surface area contributed by atoms with Crippen molar-refractivity contribution in [1.29, 1.82) is 0 Å². The van der Waals surface area contributed by atoms with Gasteiger partial charge in [0.2, 0.25) is 0 Å². The molecule has 0 bridgehead atoms. The number of methoxy groups -OCH3 is 1. The summed E-state index contributed by atoms with van der Waals surface area (Å²) < 4.78 is 10.8. The Labute approximate surface area is 137 Å². The Morgan fingerprint density at radius 3 is 2.35 bits per heavy atom. The molecular weight excluding hydrogens is 292 g/mol. The maximum Gasteiger partial charge on any atom is 0.412 e. The van der Waals surface area contributed by atoms with Crippen LogP contribution in [-0.2, 0) is 10.2 Å². The van der Waals surface area contributed by atoms with E-state index in [4.69, 9.17) is 15.2 Å². The molecule has 126 valence electrons. The van der Waals surface area contributed by atoms with Crippen LogP contribution in [0.3, 0.4) is 0 Å². The van der Waals surface area contributed by atoms with Gasteiger partial charge in [0, 0.05) is 22.2 Å². The predicted octanol–water partition coefficient (Wildman–Crippen LogP) is 3.57. The Bertz CT molecular complexity index is 626. The minimum atomic E-state index is -0.521. The Kier molecular flexibility index (Phi) is 3.59. The molecule has 1 aromatic carbocycles. The van der Waals surface area contributed by atoms with Crippen LogP contribution in [0.25, 0.3) is 0 Å². The van der Waals surface area contributed by atoms with Gasteiger partial charge in [-0.2, -0.15) is 0 Å². The fourth-order valence-corrected chi connectivity index (χ4v) is 3.35. The van der Waals surface area contributed by atoms with Gasteiger partial charge in [-0.1, -0.05) is 0 Å². The van der Waals surface area contributed by atoms with Crippen LogP contribution in [-0.4, -0.2) is 24.3 Å². The molecule has 3 rings (SSSR count). The molecule has 0 unspecified atom stereocenters. The Balaban J connectivity index is 1.84. The predicted molar refractivity (Wildman–Crippen MR) is 89.9 cm³/mol. The largest absolute Gasteiger partial charge is 0.496 e. The lowest BCUT2D eigenvalue weighted by Gasteiger charge is -2.26. The molecule has 2 aliphatic rings. The molecule has 3 N–H and O–H groups in total. The van der Waals surface area contributed by atoms with Gasteiger partial charge < -0.3 is 15.2 Å². The number of carbonyl (C=O) groups is 1. The second-order valence-corrected chi connectivity index (χ2v) is 7.78. The highest BCUT2D eigenvalue weighted by Gasteiger charge is 2.65. The van der Waals surface area contributed by atoms with Gasteiger partial charge in [-0.3, -0.25) is 5.32 Å². The molecular formula is C18H26N2O3. The van der Waals surface area contributed by atoms with E-state index >= 15 is 0 Å². The molecule has 0 saturated heterocycles. The van der Waals surface area contributed by atoms with Crippen LogP contribution < -0.4 is 15.8 Å². The fourth-order valence-electron chi connectivity index (χ4n) is 3.35. The van der Waals surface area contributed by atoms with Gasteiger partial charge in [-0.25, -0.2) is 4.79 Å². The zero-order valence-corrected chi connectivity index (χ0v) is 14.4. The summed E-state index contributed by atoms with van der Waals surface area (Å²) in [5.41, 5.74) is 7.70. The zero-order valence-electron chi connectivity index (χ0n) is 14.4. The molecule has 23 heavy (non-hydrogen) atoms. The molecule has 0 spiro atoms. The fraction of sp³-hybridized carbons (Fsp3) is 0.611. The number of anilines is 1. The number of benzene rings is 1. The standard InChI is InChI=1S/C18H26N2O3/c1-16(2,3)23-15(21)20-12-5-6-14(22-4)13(11-12)17(7-8-17)18(19)9-10-18/h5-6,11H,7-10,19H2,1-4H3,(H,20,21). The van der Waals surface area contributed by atoms with Crippen molar-refractivity contribution >= 4 is 11.8 Å². The summed E-state index contributed by atoms with van der Waals surface area (Å²) in [5.74, 6) is 0.842. The van der Waals surface area contributed by atoms with Crippen LogP contribution in [0.4, 0.5) is 10.5 Å². The van der Waals surface area contributed by atoms with Gasteiger partial charge in [0.15, 0.2) is 0 Å². The Hall–Kier alpha value is -1.75. The molecule has 0 aliphatic heterocycles. The smallest absolute Gasteiger partial charge is 0.412 e. The van der Waals surface area contributed by atoms with E-state index < -0.39 is 11.7 Å². The molecule has 0 aromatic heterocycles. The number of rotatable bonds is 4. The molecule has 5 heteroatoms. The highest BCUT2D eigenvalue weighted by Crippen LogP contribution is 2.65. The zero-order chi connectivity index (χ0) is 16.9. The number of ether oxygens (including phenoxy) is 2.